The van der Waals surface area contributed by atoms with Gasteiger partial charge in [-0.15, -0.1) is 5.10 Å². The largest absolute Gasteiger partial charge is 0.497 e. The SMILES string of the molecule is COc1cccc(-n2nnc(C(=O)OCc3ccc([N+](=O)[O-])cc3)c2C)c1. The average Bonchev–Trinajstić information content (AvgIpc) is 3.08. The van der Waals surface area contributed by atoms with Crippen molar-refractivity contribution < 1.29 is 19.2 Å². The number of esters is 1. The van der Waals surface area contributed by atoms with E-state index in [2.05, 4.69) is 10.3 Å². The topological polar surface area (TPSA) is 109 Å². The van der Waals surface area contributed by atoms with Crippen LogP contribution in [0, 0.1) is 17.0 Å². The minimum atomic E-state index is -0.625. The van der Waals surface area contributed by atoms with E-state index in [1.807, 2.05) is 12.1 Å². The van der Waals surface area contributed by atoms with Gasteiger partial charge in [0.1, 0.15) is 12.4 Å². The van der Waals surface area contributed by atoms with Gasteiger partial charge in [-0.25, -0.2) is 9.48 Å². The van der Waals surface area contributed by atoms with E-state index in [4.69, 9.17) is 9.47 Å². The van der Waals surface area contributed by atoms with Crippen molar-refractivity contribution in [2.45, 2.75) is 13.5 Å². The molecule has 1 aromatic heterocycles. The summed E-state index contributed by atoms with van der Waals surface area (Å²) in [5, 5.41) is 18.6. The van der Waals surface area contributed by atoms with Crippen molar-refractivity contribution in [3.63, 3.8) is 0 Å². The summed E-state index contributed by atoms with van der Waals surface area (Å²) in [5.74, 6) is 0.0321. The van der Waals surface area contributed by atoms with Crippen LogP contribution in [0.2, 0.25) is 0 Å². The highest BCUT2D eigenvalue weighted by Crippen LogP contribution is 2.19. The molecule has 0 aliphatic heterocycles. The minimum Gasteiger partial charge on any atom is -0.497 e. The number of aromatic nitrogens is 3. The summed E-state index contributed by atoms with van der Waals surface area (Å²) in [5.41, 5.74) is 1.93. The fourth-order valence-electron chi connectivity index (χ4n) is 2.44. The number of methoxy groups -OCH3 is 1. The number of carbonyl (C=O) groups excluding carboxylic acids is 1. The zero-order valence-electron chi connectivity index (χ0n) is 14.7. The molecule has 1 heterocycles. The molecule has 27 heavy (non-hydrogen) atoms. The maximum atomic E-state index is 12.3. The van der Waals surface area contributed by atoms with Gasteiger partial charge in [0, 0.05) is 18.2 Å². The molecule has 0 N–H and O–H groups in total. The first-order valence-electron chi connectivity index (χ1n) is 7.97. The predicted octanol–water partition coefficient (Wildman–Crippen LogP) is 2.85. The molecule has 3 rings (SSSR count). The molecule has 0 saturated heterocycles. The van der Waals surface area contributed by atoms with Crippen LogP contribution >= 0.6 is 0 Å². The van der Waals surface area contributed by atoms with E-state index in [9.17, 15) is 14.9 Å². The molecule has 0 spiro atoms. The lowest BCUT2D eigenvalue weighted by molar-refractivity contribution is -0.384. The normalized spacial score (nSPS) is 10.4. The number of rotatable bonds is 6. The first-order chi connectivity index (χ1) is 13.0. The molecular weight excluding hydrogens is 352 g/mol. The number of ether oxygens (including phenoxy) is 2. The van der Waals surface area contributed by atoms with Gasteiger partial charge in [-0.3, -0.25) is 10.1 Å². The lowest BCUT2D eigenvalue weighted by Crippen LogP contribution is -2.08. The van der Waals surface area contributed by atoms with Crippen molar-refractivity contribution in [3.05, 3.63) is 75.6 Å². The van der Waals surface area contributed by atoms with E-state index in [0.29, 0.717) is 22.7 Å². The quantitative estimate of drug-likeness (QED) is 0.374. The van der Waals surface area contributed by atoms with Gasteiger partial charge in [0.25, 0.3) is 5.69 Å². The van der Waals surface area contributed by atoms with Gasteiger partial charge in [-0.2, -0.15) is 0 Å². The number of benzene rings is 2. The molecule has 9 nitrogen and oxygen atoms in total. The molecule has 0 bridgehead atoms. The van der Waals surface area contributed by atoms with Crippen molar-refractivity contribution >= 4 is 11.7 Å². The predicted molar refractivity (Wildman–Crippen MR) is 94.9 cm³/mol. The first-order valence-corrected chi connectivity index (χ1v) is 7.97. The summed E-state index contributed by atoms with van der Waals surface area (Å²) < 4.78 is 11.9. The smallest absolute Gasteiger partial charge is 0.361 e. The highest BCUT2D eigenvalue weighted by atomic mass is 16.6. The number of non-ortho nitro benzene ring substituents is 1. The maximum Gasteiger partial charge on any atom is 0.361 e. The number of carbonyl (C=O) groups is 1. The second-order valence-corrected chi connectivity index (χ2v) is 5.64. The number of nitrogens with zero attached hydrogens (tertiary/aromatic N) is 4. The van der Waals surface area contributed by atoms with Gasteiger partial charge in [0.15, 0.2) is 5.69 Å². The van der Waals surface area contributed by atoms with E-state index in [0.717, 1.165) is 0 Å². The van der Waals surface area contributed by atoms with Crippen molar-refractivity contribution in [1.29, 1.82) is 0 Å². The van der Waals surface area contributed by atoms with E-state index in [1.54, 1.807) is 26.2 Å². The molecule has 138 valence electrons. The summed E-state index contributed by atoms with van der Waals surface area (Å²) >= 11 is 0. The number of hydrogen-bond acceptors (Lipinski definition) is 7. The summed E-state index contributed by atoms with van der Waals surface area (Å²) in [7, 11) is 1.56. The Morgan fingerprint density at radius 1 is 1.22 bits per heavy atom. The minimum absolute atomic E-state index is 0.0255. The molecule has 0 unspecified atom stereocenters. The van der Waals surface area contributed by atoms with Crippen LogP contribution in [0.1, 0.15) is 21.7 Å². The van der Waals surface area contributed by atoms with Gasteiger partial charge in [0.05, 0.1) is 23.4 Å². The molecule has 0 amide bonds. The summed E-state index contributed by atoms with van der Waals surface area (Å²) in [6.07, 6.45) is 0. The second kappa shape index (κ2) is 7.65. The Labute approximate surface area is 154 Å². The molecule has 3 aromatic rings. The number of nitro benzene ring substituents is 1. The Morgan fingerprint density at radius 2 is 1.96 bits per heavy atom. The van der Waals surface area contributed by atoms with E-state index in [1.165, 1.54) is 28.9 Å². The number of nitro groups is 1. The average molecular weight is 368 g/mol. The summed E-state index contributed by atoms with van der Waals surface area (Å²) in [6, 6.07) is 13.0. The van der Waals surface area contributed by atoms with Crippen LogP contribution < -0.4 is 4.74 Å². The van der Waals surface area contributed by atoms with Crippen molar-refractivity contribution in [2.75, 3.05) is 7.11 Å². The Balaban J connectivity index is 1.72. The van der Waals surface area contributed by atoms with Gasteiger partial charge < -0.3 is 9.47 Å². The van der Waals surface area contributed by atoms with Crippen LogP contribution in [0.5, 0.6) is 5.75 Å². The highest BCUT2D eigenvalue weighted by Gasteiger charge is 2.19. The standard InChI is InChI=1S/C18H16N4O5/c1-12-17(19-20-21(12)15-4-3-5-16(10-15)26-2)18(23)27-11-13-6-8-14(9-7-13)22(24)25/h3-10H,11H2,1-2H3. The van der Waals surface area contributed by atoms with Crippen molar-refractivity contribution in [3.8, 4) is 11.4 Å². The highest BCUT2D eigenvalue weighted by molar-refractivity contribution is 5.88. The maximum absolute atomic E-state index is 12.3. The molecule has 0 fully saturated rings. The molecule has 0 aliphatic rings. The third-order valence-corrected chi connectivity index (χ3v) is 3.90. The van der Waals surface area contributed by atoms with Crippen LogP contribution in [-0.4, -0.2) is 33.0 Å². The van der Waals surface area contributed by atoms with Gasteiger partial charge in [0.2, 0.25) is 0 Å². The molecular formula is C18H16N4O5. The van der Waals surface area contributed by atoms with Crippen LogP contribution in [0.25, 0.3) is 5.69 Å². The molecule has 2 aromatic carbocycles. The van der Waals surface area contributed by atoms with Gasteiger partial charge in [-0.1, -0.05) is 11.3 Å². The molecule has 0 saturated carbocycles. The van der Waals surface area contributed by atoms with Gasteiger partial charge >= 0.3 is 5.97 Å². The molecule has 0 radical (unpaired) electrons. The van der Waals surface area contributed by atoms with Crippen LogP contribution in [0.3, 0.4) is 0 Å². The van der Waals surface area contributed by atoms with Crippen LogP contribution in [0.15, 0.2) is 48.5 Å². The Morgan fingerprint density at radius 3 is 2.63 bits per heavy atom. The Kier molecular flexibility index (Phi) is 5.11. The summed E-state index contributed by atoms with van der Waals surface area (Å²) in [6.45, 7) is 1.68. The van der Waals surface area contributed by atoms with Gasteiger partial charge in [-0.05, 0) is 36.8 Å². The van der Waals surface area contributed by atoms with E-state index < -0.39 is 10.9 Å². The number of hydrogen-bond donors (Lipinski definition) is 0. The van der Waals surface area contributed by atoms with Crippen LogP contribution in [0.4, 0.5) is 5.69 Å². The zero-order chi connectivity index (χ0) is 19.4. The molecule has 9 heteroatoms. The Bertz CT molecular complexity index is 982. The molecule has 0 aliphatic carbocycles. The molecule has 0 atom stereocenters. The van der Waals surface area contributed by atoms with E-state index >= 15 is 0 Å². The van der Waals surface area contributed by atoms with Crippen molar-refractivity contribution in [2.24, 2.45) is 0 Å². The fourth-order valence-corrected chi connectivity index (χ4v) is 2.44. The summed E-state index contributed by atoms with van der Waals surface area (Å²) in [4.78, 5) is 22.5. The lowest BCUT2D eigenvalue weighted by Gasteiger charge is -2.06. The van der Waals surface area contributed by atoms with Crippen LogP contribution in [-0.2, 0) is 11.3 Å². The monoisotopic (exact) mass is 368 g/mol. The zero-order valence-corrected chi connectivity index (χ0v) is 14.7. The first kappa shape index (κ1) is 18.1. The lowest BCUT2D eigenvalue weighted by atomic mass is 10.2. The Hall–Kier alpha value is -3.75. The van der Waals surface area contributed by atoms with E-state index in [-0.39, 0.29) is 18.0 Å². The van der Waals surface area contributed by atoms with Crippen molar-refractivity contribution in [1.82, 2.24) is 15.0 Å². The third-order valence-electron chi connectivity index (χ3n) is 3.90. The second-order valence-electron chi connectivity index (χ2n) is 5.64. The fraction of sp³-hybridized carbons (Fsp3) is 0.167. The third kappa shape index (κ3) is 3.92.